The third-order valence-electron chi connectivity index (χ3n) is 2.31. The Balaban J connectivity index is 2.03. The fourth-order valence-electron chi connectivity index (χ4n) is 1.48. The third-order valence-corrected chi connectivity index (χ3v) is 2.53. The SMILES string of the molecule is NCC1CN(c2cccc(Cl)n2)C1. The second-order valence-electron chi connectivity index (χ2n) is 3.33. The number of hydrogen-bond donors (Lipinski definition) is 1. The van der Waals surface area contributed by atoms with Crippen LogP contribution in [0.5, 0.6) is 0 Å². The number of nitrogens with zero attached hydrogens (tertiary/aromatic N) is 2. The van der Waals surface area contributed by atoms with E-state index in [0.29, 0.717) is 11.1 Å². The minimum absolute atomic E-state index is 0.550. The van der Waals surface area contributed by atoms with Gasteiger partial charge in [0.25, 0.3) is 0 Å². The van der Waals surface area contributed by atoms with E-state index >= 15 is 0 Å². The molecule has 0 atom stereocenters. The highest BCUT2D eigenvalue weighted by molar-refractivity contribution is 6.29. The molecule has 0 amide bonds. The Bertz CT molecular complexity index is 297. The molecule has 2 rings (SSSR count). The van der Waals surface area contributed by atoms with Crippen molar-refractivity contribution in [2.75, 3.05) is 24.5 Å². The summed E-state index contributed by atoms with van der Waals surface area (Å²) in [7, 11) is 0. The van der Waals surface area contributed by atoms with Crippen molar-refractivity contribution in [1.82, 2.24) is 4.98 Å². The minimum atomic E-state index is 0.550. The van der Waals surface area contributed by atoms with Crippen LogP contribution in [0.3, 0.4) is 0 Å². The first-order chi connectivity index (χ1) is 6.29. The van der Waals surface area contributed by atoms with E-state index in [-0.39, 0.29) is 0 Å². The molecular weight excluding hydrogens is 186 g/mol. The van der Waals surface area contributed by atoms with Crippen molar-refractivity contribution < 1.29 is 0 Å². The molecule has 1 aliphatic rings. The van der Waals surface area contributed by atoms with Crippen LogP contribution in [-0.2, 0) is 0 Å². The smallest absolute Gasteiger partial charge is 0.131 e. The molecule has 1 aromatic rings. The number of pyridine rings is 1. The Morgan fingerprint density at radius 3 is 2.92 bits per heavy atom. The molecule has 4 heteroatoms. The maximum Gasteiger partial charge on any atom is 0.131 e. The van der Waals surface area contributed by atoms with Gasteiger partial charge in [0, 0.05) is 19.0 Å². The normalized spacial score (nSPS) is 17.2. The zero-order chi connectivity index (χ0) is 9.26. The minimum Gasteiger partial charge on any atom is -0.356 e. The zero-order valence-electron chi connectivity index (χ0n) is 7.28. The molecule has 1 aromatic heterocycles. The van der Waals surface area contributed by atoms with Crippen molar-refractivity contribution in [3.8, 4) is 0 Å². The van der Waals surface area contributed by atoms with Crippen molar-refractivity contribution in [3.63, 3.8) is 0 Å². The molecule has 70 valence electrons. The van der Waals surface area contributed by atoms with Crippen molar-refractivity contribution in [2.45, 2.75) is 0 Å². The summed E-state index contributed by atoms with van der Waals surface area (Å²) in [5, 5.41) is 0.550. The number of anilines is 1. The van der Waals surface area contributed by atoms with E-state index in [4.69, 9.17) is 17.3 Å². The lowest BCUT2D eigenvalue weighted by Crippen LogP contribution is -2.50. The Kier molecular flexibility index (Phi) is 2.38. The van der Waals surface area contributed by atoms with E-state index in [1.54, 1.807) is 6.07 Å². The van der Waals surface area contributed by atoms with Crippen molar-refractivity contribution in [3.05, 3.63) is 23.4 Å². The van der Waals surface area contributed by atoms with E-state index in [1.165, 1.54) is 0 Å². The lowest BCUT2D eigenvalue weighted by molar-refractivity contribution is 0.417. The molecule has 0 aliphatic carbocycles. The third kappa shape index (κ3) is 1.76. The molecule has 3 nitrogen and oxygen atoms in total. The van der Waals surface area contributed by atoms with E-state index in [1.807, 2.05) is 12.1 Å². The molecule has 1 fully saturated rings. The molecule has 2 heterocycles. The van der Waals surface area contributed by atoms with Gasteiger partial charge < -0.3 is 10.6 Å². The summed E-state index contributed by atoms with van der Waals surface area (Å²) in [4.78, 5) is 6.40. The summed E-state index contributed by atoms with van der Waals surface area (Å²) in [5.41, 5.74) is 5.53. The fourth-order valence-corrected chi connectivity index (χ4v) is 1.64. The van der Waals surface area contributed by atoms with Gasteiger partial charge in [-0.25, -0.2) is 4.98 Å². The summed E-state index contributed by atoms with van der Waals surface area (Å²) in [6.07, 6.45) is 0. The number of rotatable bonds is 2. The summed E-state index contributed by atoms with van der Waals surface area (Å²) in [5.74, 6) is 1.58. The van der Waals surface area contributed by atoms with E-state index in [9.17, 15) is 0 Å². The van der Waals surface area contributed by atoms with Crippen LogP contribution in [0, 0.1) is 5.92 Å². The van der Waals surface area contributed by atoms with Crippen molar-refractivity contribution in [2.24, 2.45) is 11.7 Å². The standard InChI is InChI=1S/C9H12ClN3/c10-8-2-1-3-9(12-8)13-5-7(4-11)6-13/h1-3,7H,4-6,11H2. The van der Waals surface area contributed by atoms with Gasteiger partial charge in [0.2, 0.25) is 0 Å². The van der Waals surface area contributed by atoms with Crippen LogP contribution in [0.25, 0.3) is 0 Å². The van der Waals surface area contributed by atoms with Gasteiger partial charge in [-0.05, 0) is 18.7 Å². The largest absolute Gasteiger partial charge is 0.356 e. The summed E-state index contributed by atoms with van der Waals surface area (Å²) in [6.45, 7) is 2.77. The molecule has 1 aliphatic heterocycles. The van der Waals surface area contributed by atoms with Crippen LogP contribution in [0.4, 0.5) is 5.82 Å². The van der Waals surface area contributed by atoms with Gasteiger partial charge in [0.15, 0.2) is 0 Å². The quantitative estimate of drug-likeness (QED) is 0.723. The van der Waals surface area contributed by atoms with Gasteiger partial charge in [-0.1, -0.05) is 17.7 Å². The number of nitrogens with two attached hydrogens (primary N) is 1. The average molecular weight is 198 g/mol. The molecule has 2 N–H and O–H groups in total. The topological polar surface area (TPSA) is 42.1 Å². The average Bonchev–Trinajstić information content (AvgIpc) is 2.02. The Morgan fingerprint density at radius 1 is 1.54 bits per heavy atom. The second-order valence-corrected chi connectivity index (χ2v) is 3.71. The van der Waals surface area contributed by atoms with Crippen LogP contribution in [0.2, 0.25) is 5.15 Å². The summed E-state index contributed by atoms with van der Waals surface area (Å²) >= 11 is 5.78. The number of hydrogen-bond acceptors (Lipinski definition) is 3. The Labute approximate surface area is 82.5 Å². The molecule has 0 spiro atoms. The second kappa shape index (κ2) is 3.52. The van der Waals surface area contributed by atoms with Gasteiger partial charge in [0.05, 0.1) is 0 Å². The Morgan fingerprint density at radius 2 is 2.31 bits per heavy atom. The van der Waals surface area contributed by atoms with E-state index < -0.39 is 0 Å². The molecule has 13 heavy (non-hydrogen) atoms. The highest BCUT2D eigenvalue weighted by Crippen LogP contribution is 2.22. The first kappa shape index (κ1) is 8.78. The van der Waals surface area contributed by atoms with Gasteiger partial charge in [-0.3, -0.25) is 0 Å². The maximum atomic E-state index is 5.78. The summed E-state index contributed by atoms with van der Waals surface area (Å²) < 4.78 is 0. The molecule has 1 saturated heterocycles. The lowest BCUT2D eigenvalue weighted by atomic mass is 10.0. The molecule has 0 aromatic carbocycles. The number of halogens is 1. The highest BCUT2D eigenvalue weighted by Gasteiger charge is 2.26. The lowest BCUT2D eigenvalue weighted by Gasteiger charge is -2.39. The van der Waals surface area contributed by atoms with E-state index in [0.717, 1.165) is 25.5 Å². The van der Waals surface area contributed by atoms with Crippen molar-refractivity contribution >= 4 is 17.4 Å². The van der Waals surface area contributed by atoms with Crippen LogP contribution >= 0.6 is 11.6 Å². The molecule has 0 saturated carbocycles. The van der Waals surface area contributed by atoms with Gasteiger partial charge in [-0.2, -0.15) is 0 Å². The first-order valence-corrected chi connectivity index (χ1v) is 4.75. The van der Waals surface area contributed by atoms with E-state index in [2.05, 4.69) is 9.88 Å². The highest BCUT2D eigenvalue weighted by atomic mass is 35.5. The van der Waals surface area contributed by atoms with Crippen LogP contribution in [-0.4, -0.2) is 24.6 Å². The monoisotopic (exact) mass is 197 g/mol. The fraction of sp³-hybridized carbons (Fsp3) is 0.444. The molecular formula is C9H12ClN3. The van der Waals surface area contributed by atoms with Crippen LogP contribution in [0.1, 0.15) is 0 Å². The number of aromatic nitrogens is 1. The van der Waals surface area contributed by atoms with Gasteiger partial charge >= 0.3 is 0 Å². The first-order valence-electron chi connectivity index (χ1n) is 4.37. The molecule has 0 radical (unpaired) electrons. The predicted octanol–water partition coefficient (Wildman–Crippen LogP) is 1.13. The maximum absolute atomic E-state index is 5.78. The van der Waals surface area contributed by atoms with Crippen LogP contribution < -0.4 is 10.6 Å². The van der Waals surface area contributed by atoms with Gasteiger partial charge in [0.1, 0.15) is 11.0 Å². The van der Waals surface area contributed by atoms with Gasteiger partial charge in [-0.15, -0.1) is 0 Å². The van der Waals surface area contributed by atoms with Crippen LogP contribution in [0.15, 0.2) is 18.2 Å². The molecule has 0 bridgehead atoms. The Hall–Kier alpha value is -0.800. The van der Waals surface area contributed by atoms with Crippen molar-refractivity contribution in [1.29, 1.82) is 0 Å². The summed E-state index contributed by atoms with van der Waals surface area (Å²) in [6, 6.07) is 5.67. The predicted molar refractivity (Wildman–Crippen MR) is 54.0 cm³/mol. The molecule has 0 unspecified atom stereocenters. The zero-order valence-corrected chi connectivity index (χ0v) is 8.04.